The Morgan fingerprint density at radius 3 is 2.46 bits per heavy atom. The highest BCUT2D eigenvalue weighted by Gasteiger charge is 2.63. The van der Waals surface area contributed by atoms with Gasteiger partial charge in [-0.1, -0.05) is 36.5 Å². The molecule has 0 aliphatic heterocycles. The molecule has 0 aromatic carbocycles. The molecule has 4 bridgehead atoms. The lowest BCUT2D eigenvalue weighted by atomic mass is 9.65. The fourth-order valence-electron chi connectivity index (χ4n) is 3.61. The third-order valence-electron chi connectivity index (χ3n) is 4.18. The Balaban J connectivity index is 2.26. The molecule has 0 radical (unpaired) electrons. The van der Waals surface area contributed by atoms with Gasteiger partial charge in [0.1, 0.15) is 0 Å². The minimum absolute atomic E-state index is 0.236. The predicted molar refractivity (Wildman–Crippen MR) is 52.0 cm³/mol. The van der Waals surface area contributed by atoms with Gasteiger partial charge in [-0.05, 0) is 6.92 Å². The van der Waals surface area contributed by atoms with Gasteiger partial charge < -0.3 is 5.11 Å². The maximum atomic E-state index is 10.3. The van der Waals surface area contributed by atoms with Crippen LogP contribution in [0.4, 0.5) is 0 Å². The molecule has 68 valence electrons. The van der Waals surface area contributed by atoms with Crippen LogP contribution >= 0.6 is 0 Å². The predicted octanol–water partition coefficient (Wildman–Crippen LogP) is 1.91. The standard InChI is InChI=1S/C12H14O/c1-6-8-4-5-9-10(6)7(2)11(8)12(9,3)13/h4-5,8-11,13H,1-2H2,3H3/t8-,9+,10+,11+,12+/m0/s1. The van der Waals surface area contributed by atoms with E-state index >= 15 is 0 Å². The molecule has 1 nitrogen and oxygen atoms in total. The highest BCUT2D eigenvalue weighted by atomic mass is 16.3. The Hall–Kier alpha value is -0.820. The highest BCUT2D eigenvalue weighted by molar-refractivity contribution is 5.48. The van der Waals surface area contributed by atoms with Crippen molar-refractivity contribution in [3.8, 4) is 0 Å². The summed E-state index contributed by atoms with van der Waals surface area (Å²) in [5, 5.41) is 10.3. The van der Waals surface area contributed by atoms with Gasteiger partial charge in [0.25, 0.3) is 0 Å². The summed E-state index contributed by atoms with van der Waals surface area (Å²) in [5.74, 6) is 1.19. The molecule has 0 aromatic heterocycles. The minimum Gasteiger partial charge on any atom is -0.389 e. The lowest BCUT2D eigenvalue weighted by molar-refractivity contribution is -0.0310. The van der Waals surface area contributed by atoms with Crippen LogP contribution in [0.2, 0.25) is 0 Å². The van der Waals surface area contributed by atoms with Gasteiger partial charge >= 0.3 is 0 Å². The first-order valence-electron chi connectivity index (χ1n) is 4.83. The van der Waals surface area contributed by atoms with Crippen LogP contribution in [0.15, 0.2) is 36.5 Å². The average molecular weight is 174 g/mol. The molecule has 0 amide bonds. The van der Waals surface area contributed by atoms with Gasteiger partial charge in [0, 0.05) is 23.7 Å². The van der Waals surface area contributed by atoms with Crippen molar-refractivity contribution in [1.29, 1.82) is 0 Å². The Morgan fingerprint density at radius 1 is 1.31 bits per heavy atom. The topological polar surface area (TPSA) is 20.2 Å². The number of allylic oxidation sites excluding steroid dienone is 2. The van der Waals surface area contributed by atoms with Crippen molar-refractivity contribution in [1.82, 2.24) is 0 Å². The van der Waals surface area contributed by atoms with E-state index in [0.29, 0.717) is 11.8 Å². The molecule has 4 aliphatic rings. The zero-order chi connectivity index (χ0) is 9.38. The third-order valence-corrected chi connectivity index (χ3v) is 4.18. The molecule has 4 aliphatic carbocycles. The second-order valence-corrected chi connectivity index (χ2v) is 4.77. The number of aliphatic hydroxyl groups is 1. The largest absolute Gasteiger partial charge is 0.389 e. The number of hydrogen-bond acceptors (Lipinski definition) is 1. The second kappa shape index (κ2) is 1.83. The van der Waals surface area contributed by atoms with Crippen LogP contribution in [0.1, 0.15) is 6.92 Å². The van der Waals surface area contributed by atoms with Crippen molar-refractivity contribution in [3.05, 3.63) is 36.5 Å². The van der Waals surface area contributed by atoms with E-state index in [0.717, 1.165) is 0 Å². The normalized spacial score (nSPS) is 56.8. The molecule has 1 heteroatoms. The van der Waals surface area contributed by atoms with E-state index in [1.54, 1.807) is 0 Å². The Labute approximate surface area is 78.5 Å². The van der Waals surface area contributed by atoms with Crippen molar-refractivity contribution < 1.29 is 5.11 Å². The van der Waals surface area contributed by atoms with E-state index in [1.807, 2.05) is 6.92 Å². The molecular formula is C12H14O. The first-order valence-corrected chi connectivity index (χ1v) is 4.83. The van der Waals surface area contributed by atoms with Gasteiger partial charge in [-0.2, -0.15) is 0 Å². The summed E-state index contributed by atoms with van der Waals surface area (Å²) >= 11 is 0. The van der Waals surface area contributed by atoms with Gasteiger partial charge in [-0.25, -0.2) is 0 Å². The van der Waals surface area contributed by atoms with Crippen LogP contribution in [0, 0.1) is 23.7 Å². The molecular weight excluding hydrogens is 160 g/mol. The molecule has 0 spiro atoms. The van der Waals surface area contributed by atoms with E-state index < -0.39 is 5.60 Å². The van der Waals surface area contributed by atoms with E-state index in [4.69, 9.17) is 0 Å². The van der Waals surface area contributed by atoms with Crippen molar-refractivity contribution in [2.75, 3.05) is 0 Å². The molecule has 0 unspecified atom stereocenters. The van der Waals surface area contributed by atoms with Crippen molar-refractivity contribution in [2.45, 2.75) is 12.5 Å². The lowest BCUT2D eigenvalue weighted by Gasteiger charge is -2.43. The summed E-state index contributed by atoms with van der Waals surface area (Å²) in [7, 11) is 0. The van der Waals surface area contributed by atoms with Gasteiger partial charge in [0.15, 0.2) is 0 Å². The fraction of sp³-hybridized carbons (Fsp3) is 0.500. The van der Waals surface area contributed by atoms with E-state index in [1.165, 1.54) is 11.1 Å². The summed E-state index contributed by atoms with van der Waals surface area (Å²) in [4.78, 5) is 0. The van der Waals surface area contributed by atoms with Crippen molar-refractivity contribution in [3.63, 3.8) is 0 Å². The molecule has 2 fully saturated rings. The summed E-state index contributed by atoms with van der Waals surface area (Å²) in [6.07, 6.45) is 4.35. The first kappa shape index (κ1) is 7.57. The second-order valence-electron chi connectivity index (χ2n) is 4.77. The monoisotopic (exact) mass is 174 g/mol. The SMILES string of the molecule is C=C1[C@H]2C(=C)[C@@H]3C=C[C@H]2[C@@](C)(O)[C@H]13. The average Bonchev–Trinajstić information content (AvgIpc) is 2.36. The first-order chi connectivity index (χ1) is 6.05. The van der Waals surface area contributed by atoms with Crippen LogP contribution < -0.4 is 0 Å². The van der Waals surface area contributed by atoms with Crippen molar-refractivity contribution in [2.24, 2.45) is 23.7 Å². The van der Waals surface area contributed by atoms with Crippen LogP contribution in [-0.4, -0.2) is 10.7 Å². The maximum Gasteiger partial charge on any atom is 0.0764 e. The fourth-order valence-corrected chi connectivity index (χ4v) is 3.61. The minimum atomic E-state index is -0.567. The maximum absolute atomic E-state index is 10.3. The lowest BCUT2D eigenvalue weighted by Crippen LogP contribution is -2.46. The molecule has 13 heavy (non-hydrogen) atoms. The quantitative estimate of drug-likeness (QED) is 0.556. The van der Waals surface area contributed by atoms with E-state index in [9.17, 15) is 5.11 Å². The highest BCUT2D eigenvalue weighted by Crippen LogP contribution is 2.65. The smallest absolute Gasteiger partial charge is 0.0764 e. The summed E-state index contributed by atoms with van der Waals surface area (Å²) < 4.78 is 0. The van der Waals surface area contributed by atoms with Gasteiger partial charge in [-0.15, -0.1) is 0 Å². The van der Waals surface area contributed by atoms with Gasteiger partial charge in [0.2, 0.25) is 0 Å². The third kappa shape index (κ3) is 0.584. The van der Waals surface area contributed by atoms with Crippen LogP contribution in [0.25, 0.3) is 0 Å². The summed E-state index contributed by atoms with van der Waals surface area (Å²) in [6, 6.07) is 0. The summed E-state index contributed by atoms with van der Waals surface area (Å²) in [5.41, 5.74) is 1.91. The molecule has 0 heterocycles. The number of rotatable bonds is 0. The molecule has 1 N–H and O–H groups in total. The van der Waals surface area contributed by atoms with Crippen LogP contribution in [-0.2, 0) is 0 Å². The van der Waals surface area contributed by atoms with Crippen LogP contribution in [0.5, 0.6) is 0 Å². The molecule has 0 aromatic rings. The zero-order valence-electron chi connectivity index (χ0n) is 7.83. The number of hydrogen-bond donors (Lipinski definition) is 1. The van der Waals surface area contributed by atoms with Crippen LogP contribution in [0.3, 0.4) is 0 Å². The summed E-state index contributed by atoms with van der Waals surface area (Å²) in [6.45, 7) is 10.2. The molecule has 4 rings (SSSR count). The van der Waals surface area contributed by atoms with Crippen molar-refractivity contribution >= 4 is 0 Å². The van der Waals surface area contributed by atoms with E-state index in [2.05, 4.69) is 25.3 Å². The Morgan fingerprint density at radius 2 is 2.00 bits per heavy atom. The molecule has 2 saturated carbocycles. The zero-order valence-corrected chi connectivity index (χ0v) is 7.83. The van der Waals surface area contributed by atoms with Gasteiger partial charge in [0.05, 0.1) is 5.60 Å². The Kier molecular flexibility index (Phi) is 1.06. The molecule has 5 atom stereocenters. The Bertz CT molecular complexity index is 348. The van der Waals surface area contributed by atoms with E-state index in [-0.39, 0.29) is 11.8 Å². The van der Waals surface area contributed by atoms with Gasteiger partial charge in [-0.3, -0.25) is 0 Å². The molecule has 0 saturated heterocycles.